The Bertz CT molecular complexity index is 335. The second-order valence-corrected chi connectivity index (χ2v) is 2.64. The normalized spacial score (nSPS) is 8.25. The van der Waals surface area contributed by atoms with Gasteiger partial charge in [-0.1, -0.05) is 18.6 Å². The van der Waals surface area contributed by atoms with Gasteiger partial charge < -0.3 is 18.4 Å². The van der Waals surface area contributed by atoms with Crippen LogP contribution in [0.2, 0.25) is 0 Å². The first-order valence-electron chi connectivity index (χ1n) is 4.27. The minimum absolute atomic E-state index is 0. The largest absolute Gasteiger partial charge is 2.00 e. The van der Waals surface area contributed by atoms with Crippen LogP contribution in [0, 0.1) is 53.9 Å². The first-order valence-corrected chi connectivity index (χ1v) is 4.90. The standard InChI is InChI=1S/C9H11N2O2.CH3S.U/c1-2-8-5-7(6-10)3-4-9(8)11(12)13;1-2;/h2-5H,6,10H2,1H3;2H,1H2;/q2*-1;+2. The Hall–Kier alpha value is -0.148. The first kappa shape index (κ1) is 18.2. The Morgan fingerprint density at radius 1 is 1.56 bits per heavy atom. The molecule has 0 heterocycles. The third-order valence-corrected chi connectivity index (χ3v) is 1.84. The molecule has 0 aliphatic carbocycles. The third kappa shape index (κ3) is 5.26. The molecule has 0 aliphatic heterocycles. The van der Waals surface area contributed by atoms with Crippen molar-refractivity contribution in [3.63, 3.8) is 0 Å². The number of benzene rings is 1. The van der Waals surface area contributed by atoms with Crippen molar-refractivity contribution < 1.29 is 36.0 Å². The Morgan fingerprint density at radius 2 is 2.12 bits per heavy atom. The number of nitrogens with zero attached hydrogens (tertiary/aromatic N) is 1. The molecule has 6 heteroatoms. The zero-order valence-corrected chi connectivity index (χ0v) is 14.1. The Kier molecular flexibility index (Phi) is 11.4. The molecule has 0 spiro atoms. The van der Waals surface area contributed by atoms with E-state index in [0.29, 0.717) is 12.1 Å². The maximum atomic E-state index is 10.5. The van der Waals surface area contributed by atoms with Crippen LogP contribution in [0.3, 0.4) is 0 Å². The molecule has 0 aliphatic rings. The topological polar surface area (TPSA) is 69.2 Å². The minimum atomic E-state index is -0.393. The maximum absolute atomic E-state index is 10.5. The van der Waals surface area contributed by atoms with Crippen molar-refractivity contribution in [3.8, 4) is 0 Å². The average Bonchev–Trinajstić information content (AvgIpc) is 2.30. The van der Waals surface area contributed by atoms with Gasteiger partial charge in [0.1, 0.15) is 0 Å². The van der Waals surface area contributed by atoms with Crippen LogP contribution >= 0.6 is 12.6 Å². The number of nitrogens with two attached hydrogens (primary N) is 1. The van der Waals surface area contributed by atoms with Crippen LogP contribution in [0.15, 0.2) is 18.2 Å². The predicted molar refractivity (Wildman–Crippen MR) is 64.4 cm³/mol. The van der Waals surface area contributed by atoms with Crippen LogP contribution in [0.4, 0.5) is 5.69 Å². The molecular weight excluding hydrogens is 450 g/mol. The molecule has 86 valence electrons. The van der Waals surface area contributed by atoms with E-state index in [1.807, 2.05) is 0 Å². The summed E-state index contributed by atoms with van der Waals surface area (Å²) >= 11 is 3.28. The van der Waals surface area contributed by atoms with Crippen molar-refractivity contribution in [2.75, 3.05) is 0 Å². The van der Waals surface area contributed by atoms with E-state index < -0.39 is 4.92 Å². The smallest absolute Gasteiger partial charge is 0.372 e. The summed E-state index contributed by atoms with van der Waals surface area (Å²) in [7, 11) is 0. The molecule has 0 fully saturated rings. The summed E-state index contributed by atoms with van der Waals surface area (Å²) in [5.41, 5.74) is 7.06. The Balaban J connectivity index is 0. The van der Waals surface area contributed by atoms with Crippen LogP contribution < -0.4 is 5.73 Å². The van der Waals surface area contributed by atoms with Gasteiger partial charge in [-0.2, -0.15) is 12.5 Å². The SMILES string of the molecule is C[CH-]c1cc(CN)ccc1[N+](=O)[O-].[CH2-]S.[U+2]. The quantitative estimate of drug-likeness (QED) is 0.312. The number of thiol groups is 1. The molecule has 0 bridgehead atoms. The van der Waals surface area contributed by atoms with Crippen LogP contribution in [0.5, 0.6) is 0 Å². The summed E-state index contributed by atoms with van der Waals surface area (Å²) in [5, 5.41) is 10.5. The molecular formula is C10H14N2O2SU. The van der Waals surface area contributed by atoms with Crippen molar-refractivity contribution in [1.29, 1.82) is 0 Å². The summed E-state index contributed by atoms with van der Waals surface area (Å²) in [6, 6.07) is 4.89. The molecule has 1 rings (SSSR count). The summed E-state index contributed by atoms with van der Waals surface area (Å²) in [6.45, 7) is 2.17. The van der Waals surface area contributed by atoms with E-state index in [9.17, 15) is 10.1 Å². The molecule has 2 N–H and O–H groups in total. The fourth-order valence-electron chi connectivity index (χ4n) is 1.13. The van der Waals surface area contributed by atoms with Gasteiger partial charge in [0.15, 0.2) is 5.69 Å². The molecule has 16 heavy (non-hydrogen) atoms. The van der Waals surface area contributed by atoms with Crippen LogP contribution in [0.1, 0.15) is 18.1 Å². The Labute approximate surface area is 125 Å². The van der Waals surface area contributed by atoms with Crippen molar-refractivity contribution in [1.82, 2.24) is 0 Å². The van der Waals surface area contributed by atoms with Gasteiger partial charge in [-0.15, -0.1) is 5.56 Å². The summed E-state index contributed by atoms with van der Waals surface area (Å²) in [5.74, 6) is 0. The van der Waals surface area contributed by atoms with E-state index in [0.717, 1.165) is 5.56 Å². The van der Waals surface area contributed by atoms with E-state index in [4.69, 9.17) is 5.73 Å². The Morgan fingerprint density at radius 3 is 2.50 bits per heavy atom. The van der Waals surface area contributed by atoms with Gasteiger partial charge in [-0.05, 0) is 6.07 Å². The molecule has 1 aromatic carbocycles. The number of hydrogen-bond acceptors (Lipinski definition) is 4. The second kappa shape index (κ2) is 10.0. The van der Waals surface area contributed by atoms with Gasteiger partial charge in [0, 0.05) is 11.5 Å². The van der Waals surface area contributed by atoms with Gasteiger partial charge in [-0.3, -0.25) is 16.4 Å². The molecule has 0 radical (unpaired) electrons. The summed E-state index contributed by atoms with van der Waals surface area (Å²) < 4.78 is 0. The molecule has 4 nitrogen and oxygen atoms in total. The van der Waals surface area contributed by atoms with Crippen molar-refractivity contribution in [2.45, 2.75) is 13.5 Å². The minimum Gasteiger partial charge on any atom is -0.372 e. The predicted octanol–water partition coefficient (Wildman–Crippen LogP) is 2.33. The first-order chi connectivity index (χ1) is 7.19. The average molecular weight is 464 g/mol. The van der Waals surface area contributed by atoms with Crippen molar-refractivity contribution in [3.05, 3.63) is 52.1 Å². The molecule has 0 unspecified atom stereocenters. The number of hydrogen-bond donors (Lipinski definition) is 2. The fraction of sp³-hybridized carbons (Fsp3) is 0.200. The molecule has 1 aromatic rings. The molecule has 0 aromatic heterocycles. The molecule has 0 saturated carbocycles. The van der Waals surface area contributed by atoms with Gasteiger partial charge in [0.05, 0.1) is 0 Å². The maximum Gasteiger partial charge on any atom is 2.00 e. The van der Waals surface area contributed by atoms with E-state index in [2.05, 4.69) is 18.9 Å². The van der Waals surface area contributed by atoms with Gasteiger partial charge in [0.25, 0.3) is 0 Å². The molecule has 0 atom stereocenters. The van der Waals surface area contributed by atoms with E-state index in [1.165, 1.54) is 6.07 Å². The monoisotopic (exact) mass is 464 g/mol. The van der Waals surface area contributed by atoms with Crippen molar-refractivity contribution in [2.24, 2.45) is 5.73 Å². The summed E-state index contributed by atoms with van der Waals surface area (Å²) in [4.78, 5) is 10.1. The molecule has 0 saturated heterocycles. The van der Waals surface area contributed by atoms with Crippen molar-refractivity contribution >= 4 is 18.3 Å². The number of nitro groups is 1. The van der Waals surface area contributed by atoms with Gasteiger partial charge >= 0.3 is 31.1 Å². The van der Waals surface area contributed by atoms with Gasteiger partial charge in [-0.25, -0.2) is 0 Å². The number of nitro benzene ring substituents is 1. The molecule has 0 amide bonds. The zero-order chi connectivity index (χ0) is 11.8. The van der Waals surface area contributed by atoms with Crippen LogP contribution in [-0.4, -0.2) is 4.92 Å². The van der Waals surface area contributed by atoms with Crippen LogP contribution in [0.25, 0.3) is 0 Å². The zero-order valence-electron chi connectivity index (χ0n) is 9.01. The summed E-state index contributed by atoms with van der Waals surface area (Å²) in [6.07, 6.45) is 4.65. The fourth-order valence-corrected chi connectivity index (χ4v) is 1.13. The van der Waals surface area contributed by atoms with Gasteiger partial charge in [0.2, 0.25) is 0 Å². The number of rotatable bonds is 3. The second-order valence-electron chi connectivity index (χ2n) is 2.64. The van der Waals surface area contributed by atoms with E-state index >= 15 is 0 Å². The van der Waals surface area contributed by atoms with Crippen LogP contribution in [-0.2, 0) is 6.54 Å². The van der Waals surface area contributed by atoms with E-state index in [-0.39, 0.29) is 36.8 Å². The van der Waals surface area contributed by atoms with E-state index in [1.54, 1.807) is 25.5 Å². The third-order valence-electron chi connectivity index (χ3n) is 1.84.